The maximum absolute atomic E-state index is 14.2. The predicted molar refractivity (Wildman–Crippen MR) is 140 cm³/mol. The highest BCUT2D eigenvalue weighted by atomic mass is 19.1. The lowest BCUT2D eigenvalue weighted by molar-refractivity contribution is 0.0907. The number of likely N-dealkylation sites (tertiary alicyclic amines) is 1. The van der Waals surface area contributed by atoms with Crippen LogP contribution in [0.2, 0.25) is 0 Å². The summed E-state index contributed by atoms with van der Waals surface area (Å²) in [7, 11) is 0. The second-order valence-corrected chi connectivity index (χ2v) is 10.3. The third-order valence-corrected chi connectivity index (χ3v) is 7.57. The van der Waals surface area contributed by atoms with Crippen molar-refractivity contribution in [3.05, 3.63) is 76.3 Å². The number of hydrogen-bond acceptors (Lipinski definition) is 6. The van der Waals surface area contributed by atoms with Crippen molar-refractivity contribution in [1.29, 1.82) is 5.53 Å². The van der Waals surface area contributed by atoms with Crippen LogP contribution in [0.3, 0.4) is 0 Å². The number of carbonyl (C=O) groups excluding carboxylic acids is 1. The maximum atomic E-state index is 14.2. The van der Waals surface area contributed by atoms with Gasteiger partial charge in [0, 0.05) is 75.2 Å². The molecule has 3 heterocycles. The molecule has 3 unspecified atom stereocenters. The Morgan fingerprint density at radius 3 is 2.71 bits per heavy atom. The first kappa shape index (κ1) is 27.8. The highest BCUT2D eigenvalue weighted by molar-refractivity contribution is 5.75. The molecule has 0 radical (unpaired) electrons. The van der Waals surface area contributed by atoms with E-state index in [-0.39, 0.29) is 42.6 Å². The van der Waals surface area contributed by atoms with E-state index in [4.69, 9.17) is 5.53 Å². The van der Waals surface area contributed by atoms with E-state index < -0.39 is 11.6 Å². The van der Waals surface area contributed by atoms with Crippen LogP contribution < -0.4 is 5.32 Å². The lowest BCUT2D eigenvalue weighted by atomic mass is 9.85. The van der Waals surface area contributed by atoms with Crippen LogP contribution in [0.4, 0.5) is 13.6 Å². The van der Waals surface area contributed by atoms with Gasteiger partial charge in [0.2, 0.25) is 0 Å². The van der Waals surface area contributed by atoms with Crippen LogP contribution in [0.5, 0.6) is 0 Å². The number of urea groups is 1. The fourth-order valence-corrected chi connectivity index (χ4v) is 5.70. The van der Waals surface area contributed by atoms with Crippen LogP contribution in [-0.2, 0) is 6.54 Å². The minimum absolute atomic E-state index is 0.00870. The molecule has 1 fully saturated rings. The van der Waals surface area contributed by atoms with E-state index in [1.807, 2.05) is 24.0 Å². The fourth-order valence-electron chi connectivity index (χ4n) is 5.70. The van der Waals surface area contributed by atoms with Crippen molar-refractivity contribution in [3.63, 3.8) is 0 Å². The topological polar surface area (TPSA) is 105 Å². The van der Waals surface area contributed by atoms with Gasteiger partial charge in [0.1, 0.15) is 11.6 Å². The number of amides is 2. The van der Waals surface area contributed by atoms with E-state index in [1.165, 1.54) is 18.2 Å². The van der Waals surface area contributed by atoms with Crippen LogP contribution in [0.25, 0.3) is 0 Å². The van der Waals surface area contributed by atoms with Crippen molar-refractivity contribution in [2.75, 3.05) is 32.8 Å². The van der Waals surface area contributed by atoms with Crippen LogP contribution in [0, 0.1) is 30.0 Å². The number of benzene rings is 1. The highest BCUT2D eigenvalue weighted by Crippen LogP contribution is 2.34. The smallest absolute Gasteiger partial charge is 0.317 e. The van der Waals surface area contributed by atoms with Gasteiger partial charge in [0.15, 0.2) is 0 Å². The third-order valence-electron chi connectivity index (χ3n) is 7.57. The molecule has 2 aliphatic rings. The number of nitrogens with zero attached hydrogens (tertiary/aromatic N) is 4. The van der Waals surface area contributed by atoms with Gasteiger partial charge in [-0.05, 0) is 61.1 Å². The lowest BCUT2D eigenvalue weighted by Crippen LogP contribution is -2.54. The number of pyridine rings is 1. The molecule has 2 aliphatic heterocycles. The number of nitrogens with one attached hydrogen (secondary N) is 2. The summed E-state index contributed by atoms with van der Waals surface area (Å²) in [5.74, 6) is -1.30. The quantitative estimate of drug-likeness (QED) is 0.432. The van der Waals surface area contributed by atoms with Gasteiger partial charge in [-0.25, -0.2) is 19.1 Å². The molecule has 3 atom stereocenters. The summed E-state index contributed by atoms with van der Waals surface area (Å²) in [4.78, 5) is 21.3. The summed E-state index contributed by atoms with van der Waals surface area (Å²) in [6.45, 7) is 5.74. The average Bonchev–Trinajstić information content (AvgIpc) is 2.91. The predicted octanol–water partition coefficient (Wildman–Crippen LogP) is 4.75. The Balaban J connectivity index is 1.46. The van der Waals surface area contributed by atoms with E-state index in [0.717, 1.165) is 23.3 Å². The summed E-state index contributed by atoms with van der Waals surface area (Å²) in [6, 6.07) is 7.31. The first-order valence-electron chi connectivity index (χ1n) is 13.2. The monoisotopic (exact) mass is 526 g/mol. The third kappa shape index (κ3) is 6.42. The second kappa shape index (κ2) is 12.5. The minimum atomic E-state index is -0.602. The Morgan fingerprint density at radius 2 is 2.05 bits per heavy atom. The van der Waals surface area contributed by atoms with Crippen molar-refractivity contribution >= 4 is 6.03 Å². The van der Waals surface area contributed by atoms with Gasteiger partial charge in [0.05, 0.1) is 5.70 Å². The molecule has 0 saturated carbocycles. The molecular formula is C28H36F2N6O2. The number of carbonyl (C=O) groups is 1. The number of rotatable bonds is 8. The lowest BCUT2D eigenvalue weighted by Gasteiger charge is -2.39. The Morgan fingerprint density at radius 1 is 1.29 bits per heavy atom. The molecule has 3 N–H and O–H groups in total. The maximum Gasteiger partial charge on any atom is 0.317 e. The molecule has 8 nitrogen and oxygen atoms in total. The molecule has 2 aromatic rings. The normalized spacial score (nSPS) is 21.3. The van der Waals surface area contributed by atoms with E-state index in [0.29, 0.717) is 44.7 Å². The molecule has 204 valence electrons. The minimum Gasteiger partial charge on any atom is -0.396 e. The summed E-state index contributed by atoms with van der Waals surface area (Å²) in [6.07, 6.45) is 3.65. The Labute approximate surface area is 222 Å². The first-order chi connectivity index (χ1) is 18.3. The number of piperidine rings is 1. The van der Waals surface area contributed by atoms with Crippen molar-refractivity contribution in [3.8, 4) is 0 Å². The fraction of sp³-hybridized carbons (Fsp3) is 0.500. The molecule has 1 aromatic heterocycles. The van der Waals surface area contributed by atoms with E-state index >= 15 is 0 Å². The van der Waals surface area contributed by atoms with Crippen molar-refractivity contribution < 1.29 is 18.7 Å². The van der Waals surface area contributed by atoms with Gasteiger partial charge in [-0.15, -0.1) is 0 Å². The van der Waals surface area contributed by atoms with Gasteiger partial charge >= 0.3 is 6.03 Å². The molecular weight excluding hydrogens is 490 g/mol. The summed E-state index contributed by atoms with van der Waals surface area (Å²) in [5, 5.41) is 16.7. The number of aryl methyl sites for hydroxylation is 1. The van der Waals surface area contributed by atoms with Gasteiger partial charge in [-0.1, -0.05) is 13.0 Å². The molecule has 1 saturated heterocycles. The number of aliphatic hydroxyl groups excluding tert-OH is 1. The molecule has 0 bridgehead atoms. The summed E-state index contributed by atoms with van der Waals surface area (Å²) >= 11 is 0. The van der Waals surface area contributed by atoms with Gasteiger partial charge in [0.25, 0.3) is 0 Å². The number of halogens is 2. The molecule has 10 heteroatoms. The average molecular weight is 527 g/mol. The zero-order valence-corrected chi connectivity index (χ0v) is 22.0. The Bertz CT molecular complexity index is 1170. The standard InChI is InChI=1S/C28H36F2N6O2/c1-3-22(20-7-9-32-18(2)11-20)23-16-36(10-8-27(23)34-31)28(38)33-21-12-19(17-37)13-35(14-21)15-24-25(29)5-4-6-26(24)30/h4-7,9,11,19,21-22,31,37H,3,8,10,12-17H2,1-2H3,(H,33,38). The van der Waals surface area contributed by atoms with Crippen molar-refractivity contribution in [2.45, 2.75) is 51.6 Å². The Kier molecular flexibility index (Phi) is 9.17. The first-order valence-corrected chi connectivity index (χ1v) is 13.2. The van der Waals surface area contributed by atoms with Gasteiger partial charge in [-0.2, -0.15) is 5.11 Å². The second-order valence-electron chi connectivity index (χ2n) is 10.3. The highest BCUT2D eigenvalue weighted by Gasteiger charge is 2.32. The molecule has 1 aromatic carbocycles. The number of hydrogen-bond donors (Lipinski definition) is 3. The summed E-state index contributed by atoms with van der Waals surface area (Å²) in [5.41, 5.74) is 11.4. The van der Waals surface area contributed by atoms with E-state index in [9.17, 15) is 18.7 Å². The van der Waals surface area contributed by atoms with Gasteiger partial charge < -0.3 is 15.3 Å². The summed E-state index contributed by atoms with van der Waals surface area (Å²) < 4.78 is 28.5. The molecule has 0 spiro atoms. The van der Waals surface area contributed by atoms with Gasteiger partial charge in [-0.3, -0.25) is 9.88 Å². The number of aromatic nitrogens is 1. The van der Waals surface area contributed by atoms with Crippen LogP contribution >= 0.6 is 0 Å². The van der Waals surface area contributed by atoms with Crippen molar-refractivity contribution in [2.24, 2.45) is 11.0 Å². The SMILES string of the molecule is CCC(C1=C(N=N)CCN(C(=O)NC2CC(CO)CN(Cc3c(F)cccc3F)C2)C1)c1ccnc(C)c1. The molecule has 38 heavy (non-hydrogen) atoms. The molecule has 2 amide bonds. The zero-order valence-electron chi connectivity index (χ0n) is 22.0. The van der Waals surface area contributed by atoms with E-state index in [1.54, 1.807) is 11.1 Å². The molecule has 4 rings (SSSR count). The molecule has 0 aliphatic carbocycles. The zero-order chi connectivity index (χ0) is 27.2. The Hall–Kier alpha value is -3.24. The van der Waals surface area contributed by atoms with Crippen molar-refractivity contribution in [1.82, 2.24) is 20.1 Å². The van der Waals surface area contributed by atoms with E-state index in [2.05, 4.69) is 22.3 Å². The van der Waals surface area contributed by atoms with Crippen LogP contribution in [0.1, 0.15) is 48.9 Å². The largest absolute Gasteiger partial charge is 0.396 e. The van der Waals surface area contributed by atoms with Crippen LogP contribution in [0.15, 0.2) is 52.9 Å². The number of aliphatic hydroxyl groups is 1. The van der Waals surface area contributed by atoms with Crippen LogP contribution in [-0.4, -0.2) is 64.7 Å².